The molecule has 4 aromatic carbocycles. The Kier molecular flexibility index (Phi) is 6.93. The Morgan fingerprint density at radius 2 is 1.63 bits per heavy atom. The first-order chi connectivity index (χ1) is 20.1. The van der Waals surface area contributed by atoms with Gasteiger partial charge in [0.1, 0.15) is 0 Å². The van der Waals surface area contributed by atoms with E-state index in [-0.39, 0.29) is 28.0 Å². The lowest BCUT2D eigenvalue weighted by molar-refractivity contribution is -0.137. The maximum Gasteiger partial charge on any atom is 0.416 e. The molecular weight excluding hydrogens is 593 g/mol. The summed E-state index contributed by atoms with van der Waals surface area (Å²) in [5.41, 5.74) is 2.04. The summed E-state index contributed by atoms with van der Waals surface area (Å²) in [6, 6.07) is 20.9. The zero-order chi connectivity index (χ0) is 30.9. The predicted octanol–water partition coefficient (Wildman–Crippen LogP) is 8.11. The average Bonchev–Trinajstić information content (AvgIpc) is 2.95. The highest BCUT2D eigenvalue weighted by atomic mass is 32.2. The van der Waals surface area contributed by atoms with Crippen molar-refractivity contribution in [2.24, 2.45) is 5.92 Å². The van der Waals surface area contributed by atoms with E-state index in [0.29, 0.717) is 17.5 Å². The Labute approximate surface area is 250 Å². The molecule has 4 nitrogen and oxygen atoms in total. The van der Waals surface area contributed by atoms with Crippen molar-refractivity contribution in [3.63, 3.8) is 0 Å². The third-order valence-electron chi connectivity index (χ3n) is 9.31. The van der Waals surface area contributed by atoms with Gasteiger partial charge in [0.15, 0.2) is 19.7 Å². The van der Waals surface area contributed by atoms with Crippen molar-refractivity contribution in [3.8, 4) is 0 Å². The zero-order valence-electron chi connectivity index (χ0n) is 23.9. The lowest BCUT2D eigenvalue weighted by atomic mass is 9.61. The summed E-state index contributed by atoms with van der Waals surface area (Å²) >= 11 is 0. The molecule has 2 aliphatic carbocycles. The van der Waals surface area contributed by atoms with Gasteiger partial charge in [-0.25, -0.2) is 16.8 Å². The van der Waals surface area contributed by atoms with E-state index in [1.54, 1.807) is 26.0 Å². The second-order valence-corrected chi connectivity index (χ2v) is 16.5. The van der Waals surface area contributed by atoms with Crippen LogP contribution >= 0.6 is 0 Å². The van der Waals surface area contributed by atoms with Crippen LogP contribution in [0.3, 0.4) is 0 Å². The minimum atomic E-state index is -4.70. The second kappa shape index (κ2) is 10.1. The van der Waals surface area contributed by atoms with Crippen molar-refractivity contribution < 1.29 is 30.0 Å². The standard InChI is InChI=1S/C34H31F3O4S2/c1-21-11-12-23(18-31(21)42(3,38)39)25-17-24-14-15-29-28-10-5-4-7-22(28)13-16-30(29)32(24)33(2,20-25)43(40,41)27-9-6-8-26(19-27)34(35,36)37/h4-16,18-19,24-25,32H,17,20H2,1-3H3. The van der Waals surface area contributed by atoms with Crippen LogP contribution in [0.2, 0.25) is 0 Å². The number of fused-ring (bicyclic) bond motifs is 5. The molecule has 0 aliphatic heterocycles. The van der Waals surface area contributed by atoms with E-state index in [1.807, 2.05) is 54.6 Å². The van der Waals surface area contributed by atoms with Gasteiger partial charge >= 0.3 is 6.18 Å². The lowest BCUT2D eigenvalue weighted by Gasteiger charge is -2.50. The molecule has 1 fully saturated rings. The molecular formula is C34H31F3O4S2. The molecule has 1 saturated carbocycles. The summed E-state index contributed by atoms with van der Waals surface area (Å²) in [6.45, 7) is 3.36. The topological polar surface area (TPSA) is 68.3 Å². The molecule has 0 amide bonds. The van der Waals surface area contributed by atoms with Gasteiger partial charge in [-0.05, 0) is 95.8 Å². The Hall–Kier alpha value is -3.43. The number of hydrogen-bond acceptors (Lipinski definition) is 4. The van der Waals surface area contributed by atoms with Gasteiger partial charge in [0.25, 0.3) is 0 Å². The van der Waals surface area contributed by atoms with Crippen LogP contribution in [-0.2, 0) is 25.9 Å². The van der Waals surface area contributed by atoms with Gasteiger partial charge in [-0.3, -0.25) is 0 Å². The fraction of sp³-hybridized carbons (Fsp3) is 0.294. The molecule has 0 spiro atoms. The third kappa shape index (κ3) is 4.90. The van der Waals surface area contributed by atoms with Crippen molar-refractivity contribution >= 4 is 36.5 Å². The normalized spacial score (nSPS) is 24.0. The first-order valence-corrected chi connectivity index (χ1v) is 17.4. The minimum Gasteiger partial charge on any atom is -0.224 e. The molecule has 0 radical (unpaired) electrons. The second-order valence-electron chi connectivity index (χ2n) is 12.1. The van der Waals surface area contributed by atoms with Gasteiger partial charge in [0.2, 0.25) is 0 Å². The zero-order valence-corrected chi connectivity index (χ0v) is 25.5. The maximum atomic E-state index is 14.7. The smallest absolute Gasteiger partial charge is 0.224 e. The number of halogens is 3. The van der Waals surface area contributed by atoms with Gasteiger partial charge < -0.3 is 0 Å². The summed E-state index contributed by atoms with van der Waals surface area (Å²) in [6.07, 6.45) is 1.16. The fourth-order valence-corrected chi connectivity index (χ4v) is 10.4. The minimum absolute atomic E-state index is 0.110. The highest BCUT2D eigenvalue weighted by molar-refractivity contribution is 7.93. The Morgan fingerprint density at radius 1 is 0.884 bits per heavy atom. The van der Waals surface area contributed by atoms with Gasteiger partial charge in [0, 0.05) is 12.2 Å². The fourth-order valence-electron chi connectivity index (χ4n) is 7.27. The lowest BCUT2D eigenvalue weighted by Crippen LogP contribution is -2.49. The summed E-state index contributed by atoms with van der Waals surface area (Å²) < 4.78 is 94.1. The van der Waals surface area contributed by atoms with Crippen molar-refractivity contribution in [1.82, 2.24) is 0 Å². The molecule has 43 heavy (non-hydrogen) atoms. The quantitative estimate of drug-likeness (QED) is 0.230. The first-order valence-electron chi connectivity index (χ1n) is 14.0. The molecule has 4 atom stereocenters. The van der Waals surface area contributed by atoms with E-state index in [4.69, 9.17) is 0 Å². The van der Waals surface area contributed by atoms with Crippen molar-refractivity contribution in [3.05, 3.63) is 113 Å². The number of allylic oxidation sites excluding steroid dienone is 1. The molecule has 0 bridgehead atoms. The summed E-state index contributed by atoms with van der Waals surface area (Å²) in [5, 5.41) is 1.99. The van der Waals surface area contributed by atoms with Gasteiger partial charge in [0.05, 0.1) is 20.1 Å². The van der Waals surface area contributed by atoms with Gasteiger partial charge in [-0.15, -0.1) is 0 Å². The average molecular weight is 625 g/mol. The van der Waals surface area contributed by atoms with Crippen molar-refractivity contribution in [2.45, 2.75) is 59.2 Å². The highest BCUT2D eigenvalue weighted by Crippen LogP contribution is 2.58. The Morgan fingerprint density at radius 3 is 2.35 bits per heavy atom. The number of hydrogen-bond donors (Lipinski definition) is 0. The van der Waals surface area contributed by atoms with Crippen LogP contribution in [0.1, 0.15) is 59.4 Å². The first kappa shape index (κ1) is 29.6. The number of alkyl halides is 3. The van der Waals surface area contributed by atoms with Crippen LogP contribution in [0.4, 0.5) is 13.2 Å². The monoisotopic (exact) mass is 624 g/mol. The highest BCUT2D eigenvalue weighted by Gasteiger charge is 2.55. The maximum absolute atomic E-state index is 14.7. The molecule has 6 rings (SSSR count). The van der Waals surface area contributed by atoms with Crippen LogP contribution in [0, 0.1) is 12.8 Å². The number of benzene rings is 4. The van der Waals surface area contributed by atoms with E-state index in [9.17, 15) is 30.0 Å². The van der Waals surface area contributed by atoms with Gasteiger partial charge in [-0.1, -0.05) is 66.7 Å². The Bertz CT molecular complexity index is 2010. The van der Waals surface area contributed by atoms with E-state index >= 15 is 0 Å². The molecule has 2 aliphatic rings. The van der Waals surface area contributed by atoms with Crippen molar-refractivity contribution in [1.29, 1.82) is 0 Å². The third-order valence-corrected chi connectivity index (χ3v) is 13.1. The molecule has 0 heterocycles. The number of rotatable bonds is 4. The van der Waals surface area contributed by atoms with Crippen molar-refractivity contribution in [2.75, 3.05) is 6.26 Å². The predicted molar refractivity (Wildman–Crippen MR) is 163 cm³/mol. The van der Waals surface area contributed by atoms with E-state index < -0.39 is 42.1 Å². The van der Waals surface area contributed by atoms with E-state index in [2.05, 4.69) is 0 Å². The summed E-state index contributed by atoms with van der Waals surface area (Å²) in [4.78, 5) is -0.188. The summed E-state index contributed by atoms with van der Waals surface area (Å²) in [7, 11) is -7.89. The summed E-state index contributed by atoms with van der Waals surface area (Å²) in [5.74, 6) is -1.13. The molecule has 0 N–H and O–H groups in total. The van der Waals surface area contributed by atoms with E-state index in [1.165, 1.54) is 6.07 Å². The van der Waals surface area contributed by atoms with Crippen LogP contribution in [0.5, 0.6) is 0 Å². The largest absolute Gasteiger partial charge is 0.416 e. The molecule has 9 heteroatoms. The Balaban J connectivity index is 1.56. The molecule has 0 saturated heterocycles. The van der Waals surface area contributed by atoms with Crippen LogP contribution in [0.25, 0.3) is 16.8 Å². The van der Waals surface area contributed by atoms with Crippen LogP contribution in [-0.4, -0.2) is 27.8 Å². The number of aryl methyl sites for hydroxylation is 1. The van der Waals surface area contributed by atoms with Crippen LogP contribution < -0.4 is 0 Å². The van der Waals surface area contributed by atoms with E-state index in [0.717, 1.165) is 46.4 Å². The van der Waals surface area contributed by atoms with Crippen LogP contribution in [0.15, 0.2) is 94.7 Å². The molecule has 0 aromatic heterocycles. The molecule has 4 aromatic rings. The number of sulfone groups is 2. The molecule has 224 valence electrons. The molecule has 4 unspecified atom stereocenters. The SMILES string of the molecule is Cc1ccc(C2CC3C=Cc4c(ccc5ccccc45)C3C(C)(S(=O)(=O)c3cccc(C(F)(F)F)c3)C2)cc1S(C)(=O)=O. The van der Waals surface area contributed by atoms with Gasteiger partial charge in [-0.2, -0.15) is 13.2 Å².